The Labute approximate surface area is 182 Å². The van der Waals surface area contributed by atoms with Crippen LogP contribution < -0.4 is 11.1 Å². The van der Waals surface area contributed by atoms with Crippen molar-refractivity contribution < 1.29 is 8.78 Å². The molecule has 0 fully saturated rings. The number of hydrogen-bond acceptors (Lipinski definition) is 4. The van der Waals surface area contributed by atoms with Crippen molar-refractivity contribution in [1.29, 1.82) is 0 Å². The lowest BCUT2D eigenvalue weighted by Gasteiger charge is -2.09. The van der Waals surface area contributed by atoms with Crippen LogP contribution in [0, 0.1) is 11.6 Å². The predicted molar refractivity (Wildman–Crippen MR) is 117 cm³/mol. The summed E-state index contributed by atoms with van der Waals surface area (Å²) in [4.78, 5) is 25.4. The van der Waals surface area contributed by atoms with Crippen LogP contribution in [0.2, 0.25) is 0 Å². The Kier molecular flexibility index (Phi) is 6.30. The Bertz CT molecular complexity index is 1220. The summed E-state index contributed by atoms with van der Waals surface area (Å²) in [7, 11) is 0. The molecule has 0 aliphatic rings. The van der Waals surface area contributed by atoms with E-state index in [2.05, 4.69) is 10.2 Å². The van der Waals surface area contributed by atoms with Gasteiger partial charge in [0.25, 0.3) is 11.1 Å². The third kappa shape index (κ3) is 4.69. The van der Waals surface area contributed by atoms with Gasteiger partial charge >= 0.3 is 0 Å². The van der Waals surface area contributed by atoms with Crippen molar-refractivity contribution >= 4 is 0 Å². The molecule has 2 heterocycles. The summed E-state index contributed by atoms with van der Waals surface area (Å²) in [6, 6.07) is 14.7. The average Bonchev–Trinajstić information content (AvgIpc) is 2.80. The van der Waals surface area contributed by atoms with Crippen LogP contribution in [-0.4, -0.2) is 19.6 Å². The number of hydrogen-bond donors (Lipinski definition) is 0. The zero-order valence-electron chi connectivity index (χ0n) is 17.1. The average molecular weight is 434 g/mol. The molecule has 0 amide bonds. The molecule has 6 nitrogen and oxygen atoms in total. The summed E-state index contributed by atoms with van der Waals surface area (Å²) in [5.74, 6) is -0.731. The highest BCUT2D eigenvalue weighted by Crippen LogP contribution is 2.16. The monoisotopic (exact) mass is 434 g/mol. The fourth-order valence-corrected chi connectivity index (χ4v) is 3.44. The van der Waals surface area contributed by atoms with Gasteiger partial charge in [-0.25, -0.2) is 18.1 Å². The number of nitrogens with zero attached hydrogens (tertiary/aromatic N) is 4. The lowest BCUT2D eigenvalue weighted by molar-refractivity contribution is 0.478. The van der Waals surface area contributed by atoms with E-state index >= 15 is 0 Å². The standard InChI is InChI=1S/C24H20F2N4O2/c25-19-7-3-17(4-8-19)21-11-13-27-29(23(21)31)15-1-2-16-30-24(32)22(12-14-28-30)18-5-9-20(26)10-6-18/h3-14H,1-2,15-16H2. The zero-order valence-corrected chi connectivity index (χ0v) is 17.1. The Morgan fingerprint density at radius 1 is 0.594 bits per heavy atom. The van der Waals surface area contributed by atoms with Crippen LogP contribution in [0.4, 0.5) is 8.78 Å². The van der Waals surface area contributed by atoms with Crippen LogP contribution in [0.15, 0.2) is 82.6 Å². The highest BCUT2D eigenvalue weighted by atomic mass is 19.1. The van der Waals surface area contributed by atoms with E-state index in [4.69, 9.17) is 0 Å². The van der Waals surface area contributed by atoms with Crippen LogP contribution >= 0.6 is 0 Å². The van der Waals surface area contributed by atoms with E-state index in [1.807, 2.05) is 0 Å². The SMILES string of the molecule is O=c1c(-c2ccc(F)cc2)ccnn1CCCCn1nccc(-c2ccc(F)cc2)c1=O. The fraction of sp³-hybridized carbons (Fsp3) is 0.167. The fourth-order valence-electron chi connectivity index (χ4n) is 3.44. The lowest BCUT2D eigenvalue weighted by atomic mass is 10.1. The molecule has 0 atom stereocenters. The smallest absolute Gasteiger partial charge is 0.267 e. The zero-order chi connectivity index (χ0) is 22.5. The molecular formula is C24H20F2N4O2. The highest BCUT2D eigenvalue weighted by Gasteiger charge is 2.09. The number of aromatic nitrogens is 4. The third-order valence-electron chi connectivity index (χ3n) is 5.12. The van der Waals surface area contributed by atoms with Crippen molar-refractivity contribution in [3.63, 3.8) is 0 Å². The van der Waals surface area contributed by atoms with Gasteiger partial charge in [0.05, 0.1) is 11.1 Å². The minimum atomic E-state index is -0.365. The summed E-state index contributed by atoms with van der Waals surface area (Å²) >= 11 is 0. The molecule has 0 saturated heterocycles. The molecule has 2 aromatic carbocycles. The first-order chi connectivity index (χ1) is 15.5. The maximum absolute atomic E-state index is 13.2. The minimum absolute atomic E-state index is 0.257. The number of aryl methyl sites for hydroxylation is 2. The summed E-state index contributed by atoms with van der Waals surface area (Å²) in [6.45, 7) is 0.751. The van der Waals surface area contributed by atoms with Crippen LogP contribution in [0.25, 0.3) is 22.3 Å². The van der Waals surface area contributed by atoms with Gasteiger partial charge in [-0.05, 0) is 60.4 Å². The Morgan fingerprint density at radius 2 is 0.969 bits per heavy atom. The normalized spacial score (nSPS) is 10.9. The molecule has 4 rings (SSSR count). The van der Waals surface area contributed by atoms with Gasteiger partial charge < -0.3 is 0 Å². The van der Waals surface area contributed by atoms with Crippen molar-refractivity contribution in [3.8, 4) is 22.3 Å². The second-order valence-corrected chi connectivity index (χ2v) is 7.27. The molecule has 0 N–H and O–H groups in total. The summed E-state index contributed by atoms with van der Waals surface area (Å²) < 4.78 is 29.0. The molecule has 2 aromatic heterocycles. The topological polar surface area (TPSA) is 69.8 Å². The number of halogens is 2. The van der Waals surface area contributed by atoms with E-state index in [0.717, 1.165) is 0 Å². The summed E-state index contributed by atoms with van der Waals surface area (Å²) in [5.41, 5.74) is 1.64. The molecule has 32 heavy (non-hydrogen) atoms. The van der Waals surface area contributed by atoms with Crippen LogP contribution in [0.3, 0.4) is 0 Å². The summed E-state index contributed by atoms with van der Waals surface area (Å²) in [6.07, 6.45) is 4.29. The number of unbranched alkanes of at least 4 members (excludes halogenated alkanes) is 1. The van der Waals surface area contributed by atoms with Crippen molar-refractivity contribution in [3.05, 3.63) is 105 Å². The van der Waals surface area contributed by atoms with Gasteiger partial charge in [-0.1, -0.05) is 24.3 Å². The van der Waals surface area contributed by atoms with Crippen molar-refractivity contribution in [2.45, 2.75) is 25.9 Å². The van der Waals surface area contributed by atoms with Crippen LogP contribution in [-0.2, 0) is 13.1 Å². The largest absolute Gasteiger partial charge is 0.274 e. The van der Waals surface area contributed by atoms with Crippen molar-refractivity contribution in [2.75, 3.05) is 0 Å². The third-order valence-corrected chi connectivity index (χ3v) is 5.12. The van der Waals surface area contributed by atoms with Crippen LogP contribution in [0.1, 0.15) is 12.8 Å². The first-order valence-electron chi connectivity index (χ1n) is 10.2. The number of benzene rings is 2. The lowest BCUT2D eigenvalue weighted by Crippen LogP contribution is -2.26. The van der Waals surface area contributed by atoms with Crippen LogP contribution in [0.5, 0.6) is 0 Å². The van der Waals surface area contributed by atoms with Gasteiger partial charge in [0, 0.05) is 25.5 Å². The maximum Gasteiger partial charge on any atom is 0.274 e. The maximum atomic E-state index is 13.2. The number of rotatable bonds is 7. The molecule has 0 unspecified atom stereocenters. The molecule has 4 aromatic rings. The van der Waals surface area contributed by atoms with Gasteiger partial charge in [0.2, 0.25) is 0 Å². The van der Waals surface area contributed by atoms with Gasteiger partial charge in [0.15, 0.2) is 0 Å². The minimum Gasteiger partial charge on any atom is -0.267 e. The molecular weight excluding hydrogens is 414 g/mol. The molecule has 162 valence electrons. The van der Waals surface area contributed by atoms with E-state index in [1.165, 1.54) is 46.0 Å². The molecule has 0 aliphatic heterocycles. The molecule has 0 bridgehead atoms. The molecule has 0 radical (unpaired) electrons. The van der Waals surface area contributed by atoms with E-state index < -0.39 is 0 Å². The second kappa shape index (κ2) is 9.47. The molecule has 8 heteroatoms. The summed E-state index contributed by atoms with van der Waals surface area (Å²) in [5, 5.41) is 8.24. The van der Waals surface area contributed by atoms with Gasteiger partial charge in [-0.2, -0.15) is 10.2 Å². The Morgan fingerprint density at radius 3 is 1.34 bits per heavy atom. The van der Waals surface area contributed by atoms with Crippen molar-refractivity contribution in [2.24, 2.45) is 0 Å². The van der Waals surface area contributed by atoms with E-state index in [0.29, 0.717) is 48.2 Å². The molecule has 0 saturated carbocycles. The second-order valence-electron chi connectivity index (χ2n) is 7.27. The van der Waals surface area contributed by atoms with Gasteiger partial charge in [-0.3, -0.25) is 9.59 Å². The predicted octanol–water partition coefficient (Wildman–Crippen LogP) is 3.89. The Hall–Kier alpha value is -3.94. The first-order valence-corrected chi connectivity index (χ1v) is 10.2. The molecule has 0 spiro atoms. The van der Waals surface area contributed by atoms with E-state index in [-0.39, 0.29) is 22.8 Å². The Balaban J connectivity index is 1.42. The van der Waals surface area contributed by atoms with Gasteiger partial charge in [-0.15, -0.1) is 0 Å². The first kappa shape index (κ1) is 21.3. The highest BCUT2D eigenvalue weighted by molar-refractivity contribution is 5.62. The van der Waals surface area contributed by atoms with Crippen molar-refractivity contribution in [1.82, 2.24) is 19.6 Å². The quantitative estimate of drug-likeness (QED) is 0.414. The van der Waals surface area contributed by atoms with E-state index in [9.17, 15) is 18.4 Å². The van der Waals surface area contributed by atoms with Gasteiger partial charge in [0.1, 0.15) is 11.6 Å². The molecule has 0 aliphatic carbocycles. The van der Waals surface area contributed by atoms with E-state index in [1.54, 1.807) is 36.4 Å².